The number of esters is 1. The molecule has 5 atom stereocenters. The summed E-state index contributed by atoms with van der Waals surface area (Å²) in [5, 5.41) is 11.8. The second kappa shape index (κ2) is 6.10. The molecule has 5 nitrogen and oxygen atoms in total. The number of para-hydroxylation sites is 1. The molecule has 1 aliphatic carbocycles. The van der Waals surface area contributed by atoms with Gasteiger partial charge in [0, 0.05) is 29.7 Å². The third-order valence-electron chi connectivity index (χ3n) is 7.02. The Balaban J connectivity index is 1.52. The number of piperidine rings is 1. The SMILES string of the molecule is COC(=O)[C@H]1[C@H]2C[C@H]3c4[nH]c5ccccc5c4CCN3C[C@H]2CC[C@H]1O. The number of ether oxygens (including phenoxy) is 1. The number of H-pyrrole nitrogens is 1. The Hall–Kier alpha value is -1.85. The van der Waals surface area contributed by atoms with Crippen molar-refractivity contribution in [3.63, 3.8) is 0 Å². The molecule has 1 aromatic carbocycles. The van der Waals surface area contributed by atoms with E-state index in [1.807, 2.05) is 0 Å². The Morgan fingerprint density at radius 1 is 1.31 bits per heavy atom. The summed E-state index contributed by atoms with van der Waals surface area (Å²) in [6.07, 6.45) is 3.14. The number of aromatic amines is 1. The van der Waals surface area contributed by atoms with Crippen molar-refractivity contribution < 1.29 is 14.6 Å². The van der Waals surface area contributed by atoms with Crippen LogP contribution >= 0.6 is 0 Å². The molecule has 2 fully saturated rings. The summed E-state index contributed by atoms with van der Waals surface area (Å²) >= 11 is 0. The Bertz CT molecular complexity index is 845. The maximum absolute atomic E-state index is 12.4. The van der Waals surface area contributed by atoms with Gasteiger partial charge in [0.2, 0.25) is 0 Å². The van der Waals surface area contributed by atoms with E-state index in [1.165, 1.54) is 29.3 Å². The molecule has 3 heterocycles. The first-order valence-corrected chi connectivity index (χ1v) is 9.76. The zero-order valence-corrected chi connectivity index (χ0v) is 15.1. The summed E-state index contributed by atoms with van der Waals surface area (Å²) in [7, 11) is 1.43. The molecule has 0 unspecified atom stereocenters. The fourth-order valence-corrected chi connectivity index (χ4v) is 5.80. The van der Waals surface area contributed by atoms with Crippen LogP contribution in [0, 0.1) is 17.8 Å². The van der Waals surface area contributed by atoms with E-state index < -0.39 is 6.10 Å². The van der Waals surface area contributed by atoms with Crippen molar-refractivity contribution in [2.45, 2.75) is 37.8 Å². The minimum absolute atomic E-state index is 0.199. The molecule has 1 saturated heterocycles. The summed E-state index contributed by atoms with van der Waals surface area (Å²) in [5.41, 5.74) is 3.96. The normalized spacial score (nSPS) is 34.0. The smallest absolute Gasteiger partial charge is 0.311 e. The largest absolute Gasteiger partial charge is 0.469 e. The second-order valence-corrected chi connectivity index (χ2v) is 8.18. The van der Waals surface area contributed by atoms with Gasteiger partial charge >= 0.3 is 5.97 Å². The lowest BCUT2D eigenvalue weighted by Crippen LogP contribution is -2.53. The molecule has 3 aliphatic rings. The van der Waals surface area contributed by atoms with Crippen molar-refractivity contribution >= 4 is 16.9 Å². The molecule has 5 rings (SSSR count). The van der Waals surface area contributed by atoms with Gasteiger partial charge in [-0.1, -0.05) is 18.2 Å². The van der Waals surface area contributed by atoms with Crippen LogP contribution in [0.2, 0.25) is 0 Å². The number of hydrogen-bond acceptors (Lipinski definition) is 4. The second-order valence-electron chi connectivity index (χ2n) is 8.18. The highest BCUT2D eigenvalue weighted by molar-refractivity contribution is 5.85. The molecule has 0 spiro atoms. The molecule has 1 aromatic heterocycles. The van der Waals surface area contributed by atoms with Crippen molar-refractivity contribution in [3.8, 4) is 0 Å². The van der Waals surface area contributed by atoms with Gasteiger partial charge in [-0.3, -0.25) is 9.69 Å². The van der Waals surface area contributed by atoms with Crippen molar-refractivity contribution in [2.24, 2.45) is 17.8 Å². The maximum atomic E-state index is 12.4. The molecule has 2 aliphatic heterocycles. The highest BCUT2D eigenvalue weighted by Crippen LogP contribution is 2.49. The highest BCUT2D eigenvalue weighted by Gasteiger charge is 2.49. The van der Waals surface area contributed by atoms with E-state index >= 15 is 0 Å². The van der Waals surface area contributed by atoms with Gasteiger partial charge in [0.25, 0.3) is 0 Å². The minimum atomic E-state index is -0.568. The fraction of sp³-hybridized carbons (Fsp3) is 0.571. The van der Waals surface area contributed by atoms with Crippen LogP contribution in [0.1, 0.15) is 36.6 Å². The van der Waals surface area contributed by atoms with Crippen LogP contribution in [0.3, 0.4) is 0 Å². The van der Waals surface area contributed by atoms with Gasteiger partial charge < -0.3 is 14.8 Å². The Morgan fingerprint density at radius 3 is 3.00 bits per heavy atom. The van der Waals surface area contributed by atoms with Crippen molar-refractivity contribution in [1.29, 1.82) is 0 Å². The topological polar surface area (TPSA) is 65.6 Å². The third kappa shape index (κ3) is 2.33. The van der Waals surface area contributed by atoms with Gasteiger partial charge in [0.05, 0.1) is 25.2 Å². The number of aliphatic hydroxyl groups is 1. The molecule has 2 N–H and O–H groups in total. The molecule has 2 aromatic rings. The van der Waals surface area contributed by atoms with Crippen molar-refractivity contribution in [1.82, 2.24) is 9.88 Å². The molecule has 0 amide bonds. The summed E-state index contributed by atoms with van der Waals surface area (Å²) in [6.45, 7) is 2.10. The molecule has 0 bridgehead atoms. The zero-order valence-electron chi connectivity index (χ0n) is 15.1. The fourth-order valence-electron chi connectivity index (χ4n) is 5.80. The van der Waals surface area contributed by atoms with Gasteiger partial charge in [-0.2, -0.15) is 0 Å². The summed E-state index contributed by atoms with van der Waals surface area (Å²) < 4.78 is 5.04. The molecular weight excluding hydrogens is 328 g/mol. The van der Waals surface area contributed by atoms with Gasteiger partial charge in [0.1, 0.15) is 0 Å². The predicted octanol–water partition coefficient (Wildman–Crippen LogP) is 2.65. The number of carbonyl (C=O) groups excluding carboxylic acids is 1. The van der Waals surface area contributed by atoms with E-state index in [4.69, 9.17) is 4.74 Å². The number of nitrogens with zero attached hydrogens (tertiary/aromatic N) is 1. The quantitative estimate of drug-likeness (QED) is 0.773. The van der Waals surface area contributed by atoms with E-state index in [1.54, 1.807) is 0 Å². The molecule has 5 heteroatoms. The van der Waals surface area contributed by atoms with Crippen LogP contribution < -0.4 is 0 Å². The number of rotatable bonds is 1. The Morgan fingerprint density at radius 2 is 2.15 bits per heavy atom. The van der Waals surface area contributed by atoms with Crippen LogP contribution in [0.5, 0.6) is 0 Å². The summed E-state index contributed by atoms with van der Waals surface area (Å²) in [6, 6.07) is 8.83. The van der Waals surface area contributed by atoms with Gasteiger partial charge in [0.15, 0.2) is 0 Å². The summed E-state index contributed by atoms with van der Waals surface area (Å²) in [4.78, 5) is 18.6. The first-order chi connectivity index (χ1) is 12.7. The highest BCUT2D eigenvalue weighted by atomic mass is 16.5. The van der Waals surface area contributed by atoms with E-state index in [0.717, 1.165) is 32.4 Å². The zero-order chi connectivity index (χ0) is 17.8. The molecular formula is C21H26N2O3. The maximum Gasteiger partial charge on any atom is 0.311 e. The van der Waals surface area contributed by atoms with Gasteiger partial charge in [-0.05, 0) is 49.1 Å². The predicted molar refractivity (Wildman–Crippen MR) is 98.7 cm³/mol. The van der Waals surface area contributed by atoms with Gasteiger partial charge in [-0.15, -0.1) is 0 Å². The van der Waals surface area contributed by atoms with Crippen LogP contribution in [0.15, 0.2) is 24.3 Å². The molecule has 138 valence electrons. The number of methoxy groups -OCH3 is 1. The standard InChI is InChI=1S/C21H26N2O3/c1-26-21(25)19-15-10-17-20-14(13-4-2-3-5-16(13)22-20)8-9-23(17)11-12(15)6-7-18(19)24/h2-5,12,15,17-19,22,24H,6-11H2,1H3/t12-,15+,17+,18-,19+/m1/s1. The van der Waals surface area contributed by atoms with E-state index in [2.05, 4.69) is 34.1 Å². The third-order valence-corrected chi connectivity index (χ3v) is 7.02. The van der Waals surface area contributed by atoms with Crippen LogP contribution in [-0.4, -0.2) is 47.3 Å². The number of nitrogens with one attached hydrogen (secondary N) is 1. The van der Waals surface area contributed by atoms with Crippen molar-refractivity contribution in [2.75, 3.05) is 20.2 Å². The summed E-state index contributed by atoms with van der Waals surface area (Å²) in [5.74, 6) is 0.0541. The molecule has 0 radical (unpaired) electrons. The number of aromatic nitrogens is 1. The number of benzene rings is 1. The van der Waals surface area contributed by atoms with E-state index in [9.17, 15) is 9.90 Å². The lowest BCUT2D eigenvalue weighted by Gasteiger charge is -2.50. The van der Waals surface area contributed by atoms with E-state index in [-0.39, 0.29) is 17.8 Å². The number of fused-ring (bicyclic) bond motifs is 6. The lowest BCUT2D eigenvalue weighted by atomic mass is 9.65. The molecule has 1 saturated carbocycles. The average molecular weight is 354 g/mol. The van der Waals surface area contributed by atoms with Crippen molar-refractivity contribution in [3.05, 3.63) is 35.5 Å². The lowest BCUT2D eigenvalue weighted by molar-refractivity contribution is -0.160. The Kier molecular flexibility index (Phi) is 3.83. The first kappa shape index (κ1) is 16.3. The average Bonchev–Trinajstić information content (AvgIpc) is 3.05. The van der Waals surface area contributed by atoms with Crippen LogP contribution in [0.25, 0.3) is 10.9 Å². The number of aliphatic hydroxyl groups excluding tert-OH is 1. The Labute approximate surface area is 153 Å². The minimum Gasteiger partial charge on any atom is -0.469 e. The number of carbonyl (C=O) groups is 1. The first-order valence-electron chi connectivity index (χ1n) is 9.76. The van der Waals surface area contributed by atoms with Gasteiger partial charge in [-0.25, -0.2) is 0 Å². The monoisotopic (exact) mass is 354 g/mol. The van der Waals surface area contributed by atoms with Crippen LogP contribution in [0.4, 0.5) is 0 Å². The number of hydrogen-bond donors (Lipinski definition) is 2. The van der Waals surface area contributed by atoms with Crippen LogP contribution in [-0.2, 0) is 16.0 Å². The van der Waals surface area contributed by atoms with E-state index in [0.29, 0.717) is 18.4 Å². The molecule has 26 heavy (non-hydrogen) atoms.